The number of hydrogen-bond acceptors (Lipinski definition) is 7. The zero-order chi connectivity index (χ0) is 15.5. The zero-order valence-corrected chi connectivity index (χ0v) is 11.7. The van der Waals surface area contributed by atoms with Crippen LogP contribution in [0.4, 0.5) is 4.79 Å². The summed E-state index contributed by atoms with van der Waals surface area (Å²) in [6.45, 7) is -0.608. The third-order valence-corrected chi connectivity index (χ3v) is 4.77. The Kier molecular flexibility index (Phi) is 4.40. The number of carboxylic acid groups (broad SMARTS) is 1. The minimum atomic E-state index is -3.22. The van der Waals surface area contributed by atoms with Crippen LogP contribution in [0.2, 0.25) is 0 Å². The van der Waals surface area contributed by atoms with Crippen molar-refractivity contribution in [3.05, 3.63) is 12.2 Å². The molecule has 2 N–H and O–H groups in total. The van der Waals surface area contributed by atoms with E-state index >= 15 is 0 Å². The van der Waals surface area contributed by atoms with E-state index in [9.17, 15) is 18.0 Å². The first-order valence-corrected chi connectivity index (χ1v) is 7.91. The molecule has 1 fully saturated rings. The summed E-state index contributed by atoms with van der Waals surface area (Å²) in [5.74, 6) is -1.26. The maximum absolute atomic E-state index is 12.0. The monoisotopic (exact) mass is 318 g/mol. The van der Waals surface area contributed by atoms with E-state index in [0.717, 1.165) is 11.3 Å². The Bertz CT molecular complexity index is 614. The van der Waals surface area contributed by atoms with Crippen molar-refractivity contribution in [3.8, 4) is 0 Å². The van der Waals surface area contributed by atoms with Crippen LogP contribution in [-0.2, 0) is 21.2 Å². The summed E-state index contributed by atoms with van der Waals surface area (Å²) in [6, 6.07) is -1.32. The van der Waals surface area contributed by atoms with Gasteiger partial charge in [-0.1, -0.05) is 5.16 Å². The molecule has 0 aliphatic carbocycles. The smallest absolute Gasteiger partial charge is 0.323 e. The molecule has 1 aliphatic heterocycles. The van der Waals surface area contributed by atoms with Crippen molar-refractivity contribution in [3.63, 3.8) is 0 Å². The lowest BCUT2D eigenvalue weighted by Gasteiger charge is -2.26. The van der Waals surface area contributed by atoms with Gasteiger partial charge in [0.2, 0.25) is 6.39 Å². The average Bonchev–Trinajstić information content (AvgIpc) is 3.02. The maximum Gasteiger partial charge on any atom is 0.323 e. The second kappa shape index (κ2) is 6.08. The summed E-state index contributed by atoms with van der Waals surface area (Å²) in [5, 5.41) is 14.8. The van der Waals surface area contributed by atoms with Crippen LogP contribution in [0.3, 0.4) is 0 Å². The lowest BCUT2D eigenvalue weighted by molar-refractivity contribution is -0.138. The van der Waals surface area contributed by atoms with Gasteiger partial charge in [-0.3, -0.25) is 4.79 Å². The number of hydrogen-bond donors (Lipinski definition) is 2. The Morgan fingerprint density at radius 2 is 2.29 bits per heavy atom. The Labute approximate surface area is 120 Å². The van der Waals surface area contributed by atoms with Crippen molar-refractivity contribution in [2.24, 2.45) is 0 Å². The highest BCUT2D eigenvalue weighted by Crippen LogP contribution is 2.17. The van der Waals surface area contributed by atoms with E-state index in [1.807, 2.05) is 0 Å². The van der Waals surface area contributed by atoms with Gasteiger partial charge in [0, 0.05) is 6.04 Å². The van der Waals surface area contributed by atoms with Crippen molar-refractivity contribution in [2.45, 2.75) is 19.0 Å². The van der Waals surface area contributed by atoms with E-state index in [2.05, 4.69) is 20.0 Å². The number of aliphatic carboxylic acids is 1. The molecule has 116 valence electrons. The predicted octanol–water partition coefficient (Wildman–Crippen LogP) is -1.15. The normalized spacial score (nSPS) is 20.1. The molecule has 1 atom stereocenters. The average molecular weight is 318 g/mol. The standard InChI is InChI=1S/C10H14N4O6S/c15-9(16)4-14(7-1-2-21(18,19)5-7)10(17)11-3-8-12-6-20-13-8/h6-7H,1-5H2,(H,11,17)(H,15,16). The van der Waals surface area contributed by atoms with Gasteiger partial charge >= 0.3 is 12.0 Å². The first-order chi connectivity index (χ1) is 9.87. The molecule has 1 aromatic rings. The van der Waals surface area contributed by atoms with Crippen molar-refractivity contribution < 1.29 is 27.6 Å². The first-order valence-electron chi connectivity index (χ1n) is 6.09. The SMILES string of the molecule is O=C(O)CN(C(=O)NCc1ncon1)C1CCS(=O)(=O)C1. The van der Waals surface area contributed by atoms with Gasteiger partial charge in [0.1, 0.15) is 6.54 Å². The van der Waals surface area contributed by atoms with Crippen molar-refractivity contribution in [1.29, 1.82) is 0 Å². The topological polar surface area (TPSA) is 143 Å². The Morgan fingerprint density at radius 3 is 2.81 bits per heavy atom. The Hall–Kier alpha value is -2.17. The van der Waals surface area contributed by atoms with Gasteiger partial charge in [0.15, 0.2) is 15.7 Å². The fourth-order valence-electron chi connectivity index (χ4n) is 2.06. The molecule has 10 nitrogen and oxygen atoms in total. The van der Waals surface area contributed by atoms with Crippen LogP contribution in [0.5, 0.6) is 0 Å². The van der Waals surface area contributed by atoms with Gasteiger partial charge in [-0.25, -0.2) is 13.2 Å². The second-order valence-electron chi connectivity index (χ2n) is 4.58. The largest absolute Gasteiger partial charge is 0.480 e. The minimum absolute atomic E-state index is 0.0368. The van der Waals surface area contributed by atoms with Gasteiger partial charge in [-0.15, -0.1) is 0 Å². The predicted molar refractivity (Wildman–Crippen MR) is 67.9 cm³/mol. The third kappa shape index (κ3) is 4.15. The number of carbonyl (C=O) groups is 2. The molecule has 0 radical (unpaired) electrons. The Morgan fingerprint density at radius 1 is 1.52 bits per heavy atom. The lowest BCUT2D eigenvalue weighted by Crippen LogP contribution is -2.48. The van der Waals surface area contributed by atoms with Gasteiger partial charge < -0.3 is 19.8 Å². The van der Waals surface area contributed by atoms with Gasteiger partial charge in [0.25, 0.3) is 0 Å². The number of amides is 2. The molecule has 1 aliphatic rings. The number of urea groups is 1. The summed E-state index contributed by atoms with van der Waals surface area (Å²) < 4.78 is 27.4. The van der Waals surface area contributed by atoms with Crippen molar-refractivity contribution in [2.75, 3.05) is 18.1 Å². The molecule has 21 heavy (non-hydrogen) atoms. The number of nitrogens with zero attached hydrogens (tertiary/aromatic N) is 3. The molecule has 11 heteroatoms. The number of nitrogens with one attached hydrogen (secondary N) is 1. The fourth-order valence-corrected chi connectivity index (χ4v) is 3.79. The summed E-state index contributed by atoms with van der Waals surface area (Å²) in [7, 11) is -3.22. The summed E-state index contributed by atoms with van der Waals surface area (Å²) in [6.07, 6.45) is 1.32. The number of aromatic nitrogens is 2. The summed E-state index contributed by atoms with van der Waals surface area (Å²) >= 11 is 0. The summed E-state index contributed by atoms with van der Waals surface area (Å²) in [5.41, 5.74) is 0. The number of rotatable bonds is 5. The quantitative estimate of drug-likeness (QED) is 0.693. The number of sulfone groups is 1. The number of carboxylic acids is 1. The molecule has 1 saturated heterocycles. The van der Waals surface area contributed by atoms with Crippen LogP contribution < -0.4 is 5.32 Å². The van der Waals surface area contributed by atoms with E-state index < -0.39 is 34.4 Å². The lowest BCUT2D eigenvalue weighted by atomic mass is 10.2. The second-order valence-corrected chi connectivity index (χ2v) is 6.81. The molecular weight excluding hydrogens is 304 g/mol. The van der Waals surface area contributed by atoms with Crippen LogP contribution in [0, 0.1) is 0 Å². The molecular formula is C10H14N4O6S. The third-order valence-electron chi connectivity index (χ3n) is 3.02. The molecule has 1 aromatic heterocycles. The molecule has 0 bridgehead atoms. The molecule has 0 saturated carbocycles. The van der Waals surface area contributed by atoms with Crippen molar-refractivity contribution >= 4 is 21.8 Å². The van der Waals surface area contributed by atoms with Crippen LogP contribution in [0.25, 0.3) is 0 Å². The highest BCUT2D eigenvalue weighted by Gasteiger charge is 2.35. The fraction of sp³-hybridized carbons (Fsp3) is 0.600. The zero-order valence-electron chi connectivity index (χ0n) is 10.9. The minimum Gasteiger partial charge on any atom is -0.480 e. The van der Waals surface area contributed by atoms with Gasteiger partial charge in [0.05, 0.1) is 18.1 Å². The van der Waals surface area contributed by atoms with E-state index in [0.29, 0.717) is 0 Å². The van der Waals surface area contributed by atoms with Crippen LogP contribution in [0.15, 0.2) is 10.9 Å². The van der Waals surface area contributed by atoms with E-state index in [4.69, 9.17) is 5.11 Å². The molecule has 0 spiro atoms. The van der Waals surface area contributed by atoms with E-state index in [1.54, 1.807) is 0 Å². The summed E-state index contributed by atoms with van der Waals surface area (Å²) in [4.78, 5) is 27.6. The maximum atomic E-state index is 12.0. The van der Waals surface area contributed by atoms with Crippen LogP contribution >= 0.6 is 0 Å². The number of carbonyl (C=O) groups excluding carboxylic acids is 1. The Balaban J connectivity index is 2.01. The van der Waals surface area contributed by atoms with E-state index in [-0.39, 0.29) is 30.3 Å². The molecule has 1 unspecified atom stereocenters. The molecule has 0 aromatic carbocycles. The van der Waals surface area contributed by atoms with Crippen molar-refractivity contribution in [1.82, 2.24) is 20.4 Å². The highest BCUT2D eigenvalue weighted by molar-refractivity contribution is 7.91. The molecule has 2 heterocycles. The molecule has 2 amide bonds. The van der Waals surface area contributed by atoms with E-state index in [1.165, 1.54) is 0 Å². The highest BCUT2D eigenvalue weighted by atomic mass is 32.2. The van der Waals surface area contributed by atoms with Gasteiger partial charge in [-0.05, 0) is 6.42 Å². The first kappa shape index (κ1) is 15.2. The molecule has 2 rings (SSSR count). The van der Waals surface area contributed by atoms with Crippen LogP contribution in [-0.4, -0.2) is 64.7 Å². The van der Waals surface area contributed by atoms with Gasteiger partial charge in [-0.2, -0.15) is 4.98 Å². The van der Waals surface area contributed by atoms with Crippen LogP contribution in [0.1, 0.15) is 12.2 Å².